The van der Waals surface area contributed by atoms with Gasteiger partial charge >= 0.3 is 11.6 Å². The van der Waals surface area contributed by atoms with Crippen LogP contribution in [0.3, 0.4) is 0 Å². The Morgan fingerprint density at radius 2 is 1.97 bits per heavy atom. The molecule has 164 valence electrons. The van der Waals surface area contributed by atoms with Crippen LogP contribution in [0.2, 0.25) is 0 Å². The van der Waals surface area contributed by atoms with E-state index >= 15 is 0 Å². The summed E-state index contributed by atoms with van der Waals surface area (Å²) < 4.78 is 79.1. The van der Waals surface area contributed by atoms with Gasteiger partial charge in [0.1, 0.15) is 11.4 Å². The Morgan fingerprint density at radius 3 is 2.48 bits per heavy atom. The second kappa shape index (κ2) is 8.38. The van der Waals surface area contributed by atoms with E-state index in [-0.39, 0.29) is 19.4 Å². The Morgan fingerprint density at radius 1 is 1.34 bits per heavy atom. The topological polar surface area (TPSA) is 82.5 Å². The average Bonchev–Trinajstić information content (AvgIpc) is 2.85. The normalized spacial score (nSPS) is 22.4. The minimum Gasteiger partial charge on any atom is -0.444 e. The third kappa shape index (κ3) is 6.29. The molecule has 0 aromatic heterocycles. The van der Waals surface area contributed by atoms with Gasteiger partial charge in [-0.2, -0.15) is 13.2 Å². The van der Waals surface area contributed by atoms with E-state index in [0.29, 0.717) is 10.0 Å². The summed E-state index contributed by atoms with van der Waals surface area (Å²) in [5, 5.41) is 0. The molecule has 0 aliphatic carbocycles. The summed E-state index contributed by atoms with van der Waals surface area (Å²) in [6.07, 6.45) is -0.724. The Kier molecular flexibility index (Phi) is 6.90. The van der Waals surface area contributed by atoms with Crippen molar-refractivity contribution in [1.82, 2.24) is 9.62 Å². The van der Waals surface area contributed by atoms with Crippen molar-refractivity contribution in [2.45, 2.75) is 56.8 Å². The standard InChI is InChI=1S/C17H22BrF4N3O3S/c1-16(2,3)28-15(26)25-5-4-13(24-29(23,27)17(20,21)22)14(25)8-10-6-11(18)9-12(19)7-10/h6-7,9,13-14H,4-5,8H2,1-3H3,(H2,23,24,27)/t13-,14-,29?/m0/s1. The monoisotopic (exact) mass is 503 g/mol. The summed E-state index contributed by atoms with van der Waals surface area (Å²) in [4.78, 5) is 13.8. The van der Waals surface area contributed by atoms with Crippen molar-refractivity contribution in [3.05, 3.63) is 34.1 Å². The van der Waals surface area contributed by atoms with Crippen molar-refractivity contribution in [3.8, 4) is 0 Å². The smallest absolute Gasteiger partial charge is 0.444 e. The number of hydrogen-bond acceptors (Lipinski definition) is 4. The lowest BCUT2D eigenvalue weighted by molar-refractivity contribution is -0.0421. The second-order valence-electron chi connectivity index (χ2n) is 7.74. The quantitative estimate of drug-likeness (QED) is 0.590. The molecule has 1 aromatic carbocycles. The van der Waals surface area contributed by atoms with Crippen LogP contribution in [0.5, 0.6) is 0 Å². The summed E-state index contributed by atoms with van der Waals surface area (Å²) in [5.41, 5.74) is -5.67. The Balaban J connectivity index is 2.34. The molecule has 29 heavy (non-hydrogen) atoms. The van der Waals surface area contributed by atoms with Gasteiger partial charge in [0, 0.05) is 17.1 Å². The van der Waals surface area contributed by atoms with E-state index in [0.717, 1.165) is 0 Å². The molecule has 1 unspecified atom stereocenters. The highest BCUT2D eigenvalue weighted by Gasteiger charge is 2.47. The van der Waals surface area contributed by atoms with Crippen LogP contribution in [0.1, 0.15) is 32.8 Å². The van der Waals surface area contributed by atoms with E-state index in [2.05, 4.69) is 15.9 Å². The molecule has 1 saturated heterocycles. The molecule has 1 aromatic rings. The minimum absolute atomic E-state index is 0.0132. The molecule has 12 heteroatoms. The highest BCUT2D eigenvalue weighted by Crippen LogP contribution is 2.29. The predicted molar refractivity (Wildman–Crippen MR) is 103 cm³/mol. The van der Waals surface area contributed by atoms with E-state index in [1.807, 2.05) is 4.72 Å². The van der Waals surface area contributed by atoms with Crippen LogP contribution in [0.25, 0.3) is 0 Å². The van der Waals surface area contributed by atoms with Crippen molar-refractivity contribution in [1.29, 1.82) is 4.78 Å². The van der Waals surface area contributed by atoms with E-state index in [9.17, 15) is 26.6 Å². The van der Waals surface area contributed by atoms with Gasteiger partial charge in [0.05, 0.1) is 6.04 Å². The molecule has 2 rings (SSSR count). The number of carbonyl (C=O) groups is 1. The summed E-state index contributed by atoms with van der Waals surface area (Å²) in [6, 6.07) is 2.01. The molecule has 1 heterocycles. The average molecular weight is 504 g/mol. The zero-order valence-corrected chi connectivity index (χ0v) is 18.4. The number of nitrogens with zero attached hydrogens (tertiary/aromatic N) is 1. The van der Waals surface area contributed by atoms with Gasteiger partial charge < -0.3 is 9.64 Å². The van der Waals surface area contributed by atoms with Gasteiger partial charge in [-0.1, -0.05) is 15.9 Å². The van der Waals surface area contributed by atoms with Gasteiger partial charge in [0.25, 0.3) is 0 Å². The number of hydrogen-bond donors (Lipinski definition) is 2. The van der Waals surface area contributed by atoms with Gasteiger partial charge in [0.15, 0.2) is 0 Å². The fourth-order valence-corrected chi connectivity index (χ4v) is 4.39. The first-order valence-electron chi connectivity index (χ1n) is 8.66. The van der Waals surface area contributed by atoms with Gasteiger partial charge in [-0.3, -0.25) is 0 Å². The molecule has 2 N–H and O–H groups in total. The zero-order valence-electron chi connectivity index (χ0n) is 16.0. The number of benzene rings is 1. The first kappa shape index (κ1) is 23.9. The first-order chi connectivity index (χ1) is 13.1. The number of carbonyl (C=O) groups excluding carboxylic acids is 1. The van der Waals surface area contributed by atoms with E-state index < -0.39 is 45.0 Å². The summed E-state index contributed by atoms with van der Waals surface area (Å²) >= 11 is 3.15. The summed E-state index contributed by atoms with van der Waals surface area (Å²) in [6.45, 7) is 4.99. The van der Waals surface area contributed by atoms with Crippen LogP contribution in [0.15, 0.2) is 22.7 Å². The van der Waals surface area contributed by atoms with Crippen molar-refractivity contribution >= 4 is 31.9 Å². The molecule has 0 saturated carbocycles. The van der Waals surface area contributed by atoms with Crippen molar-refractivity contribution < 1.29 is 31.3 Å². The molecule has 1 aliphatic rings. The van der Waals surface area contributed by atoms with Gasteiger partial charge in [0.2, 0.25) is 9.92 Å². The van der Waals surface area contributed by atoms with Crippen LogP contribution in [0.4, 0.5) is 22.4 Å². The van der Waals surface area contributed by atoms with E-state index in [4.69, 9.17) is 9.52 Å². The fraction of sp³-hybridized carbons (Fsp3) is 0.588. The number of rotatable bonds is 4. The van der Waals surface area contributed by atoms with Crippen LogP contribution < -0.4 is 4.72 Å². The largest absolute Gasteiger partial charge is 0.492 e. The number of alkyl halides is 3. The summed E-state index contributed by atoms with van der Waals surface area (Å²) in [5.74, 6) is -0.555. The molecule has 3 atom stereocenters. The highest BCUT2D eigenvalue weighted by molar-refractivity contribution is 9.10. The number of halogens is 5. The number of ether oxygens (including phenoxy) is 1. The Bertz CT molecular complexity index is 851. The van der Waals surface area contributed by atoms with Crippen LogP contribution in [-0.2, 0) is 21.1 Å². The maximum absolute atomic E-state index is 13.7. The van der Waals surface area contributed by atoms with Gasteiger partial charge in [-0.25, -0.2) is 22.9 Å². The molecular formula is C17H22BrF4N3O3S. The number of likely N-dealkylation sites (tertiary alicyclic amines) is 1. The van der Waals surface area contributed by atoms with Crippen molar-refractivity contribution in [3.63, 3.8) is 0 Å². The second-order valence-corrected chi connectivity index (χ2v) is 10.5. The molecule has 1 amide bonds. The van der Waals surface area contributed by atoms with Gasteiger partial charge in [-0.15, -0.1) is 0 Å². The zero-order chi connectivity index (χ0) is 22.2. The third-order valence-electron chi connectivity index (χ3n) is 4.18. The highest BCUT2D eigenvalue weighted by atomic mass is 79.9. The Labute approximate surface area is 175 Å². The molecule has 0 spiro atoms. The lowest BCUT2D eigenvalue weighted by atomic mass is 10.0. The van der Waals surface area contributed by atoms with Crippen LogP contribution >= 0.6 is 15.9 Å². The van der Waals surface area contributed by atoms with Crippen molar-refractivity contribution in [2.24, 2.45) is 0 Å². The molecule has 1 aliphatic heterocycles. The SMILES string of the molecule is CC(C)(C)OC(=O)N1CC[C@H](NS(=N)(=O)C(F)(F)F)[C@@H]1Cc1cc(F)cc(Br)c1. The molecule has 6 nitrogen and oxygen atoms in total. The van der Waals surface area contributed by atoms with E-state index in [1.165, 1.54) is 17.0 Å². The fourth-order valence-electron chi connectivity index (χ4n) is 3.04. The van der Waals surface area contributed by atoms with Crippen LogP contribution in [0, 0.1) is 10.6 Å². The minimum atomic E-state index is -5.27. The van der Waals surface area contributed by atoms with E-state index in [1.54, 1.807) is 26.8 Å². The molecule has 1 fully saturated rings. The predicted octanol–water partition coefficient (Wildman–Crippen LogP) is 4.58. The number of nitrogens with one attached hydrogen (secondary N) is 2. The Hall–Kier alpha value is -1.40. The first-order valence-corrected chi connectivity index (χ1v) is 11.0. The van der Waals surface area contributed by atoms with Crippen LogP contribution in [-0.4, -0.2) is 44.9 Å². The van der Waals surface area contributed by atoms with Crippen molar-refractivity contribution in [2.75, 3.05) is 6.54 Å². The molecule has 0 bridgehead atoms. The maximum atomic E-state index is 13.7. The lowest BCUT2D eigenvalue weighted by Crippen LogP contribution is -2.51. The lowest BCUT2D eigenvalue weighted by Gasteiger charge is -2.31. The molecular weight excluding hydrogens is 482 g/mol. The maximum Gasteiger partial charge on any atom is 0.492 e. The summed E-state index contributed by atoms with van der Waals surface area (Å²) in [7, 11) is -5.12. The number of amides is 1. The third-order valence-corrected chi connectivity index (χ3v) is 5.93. The van der Waals surface area contributed by atoms with Gasteiger partial charge in [-0.05, 0) is 57.4 Å². The molecule has 0 radical (unpaired) electrons.